The fourth-order valence-electron chi connectivity index (χ4n) is 2.68. The first-order chi connectivity index (χ1) is 9.38. The SMILES string of the molecule is OCCCCNC1CCN(Cc2ccccc2)CC1. The van der Waals surface area contributed by atoms with E-state index in [0.29, 0.717) is 12.6 Å². The molecular weight excluding hydrogens is 236 g/mol. The second kappa shape index (κ2) is 8.31. The molecule has 106 valence electrons. The Hall–Kier alpha value is -0.900. The number of nitrogens with zero attached hydrogens (tertiary/aromatic N) is 1. The van der Waals surface area contributed by atoms with Crippen LogP contribution in [0.5, 0.6) is 0 Å². The summed E-state index contributed by atoms with van der Waals surface area (Å²) in [4.78, 5) is 2.54. The quantitative estimate of drug-likeness (QED) is 0.738. The summed E-state index contributed by atoms with van der Waals surface area (Å²) >= 11 is 0. The molecule has 1 aromatic carbocycles. The van der Waals surface area contributed by atoms with Crippen LogP contribution in [-0.2, 0) is 6.54 Å². The van der Waals surface area contributed by atoms with Crippen molar-refractivity contribution in [1.82, 2.24) is 10.2 Å². The van der Waals surface area contributed by atoms with Crippen LogP contribution in [0.25, 0.3) is 0 Å². The van der Waals surface area contributed by atoms with Crippen molar-refractivity contribution in [2.45, 2.75) is 38.3 Å². The Morgan fingerprint density at radius 3 is 2.53 bits per heavy atom. The van der Waals surface area contributed by atoms with Crippen LogP contribution in [0.4, 0.5) is 0 Å². The number of aliphatic hydroxyl groups is 1. The van der Waals surface area contributed by atoms with Crippen LogP contribution < -0.4 is 5.32 Å². The summed E-state index contributed by atoms with van der Waals surface area (Å²) in [6.45, 7) is 4.82. The van der Waals surface area contributed by atoms with Gasteiger partial charge in [0, 0.05) is 19.2 Å². The van der Waals surface area contributed by atoms with Crippen LogP contribution in [-0.4, -0.2) is 42.3 Å². The molecule has 0 radical (unpaired) electrons. The first kappa shape index (κ1) is 14.5. The van der Waals surface area contributed by atoms with Crippen molar-refractivity contribution in [3.05, 3.63) is 35.9 Å². The first-order valence-corrected chi connectivity index (χ1v) is 7.49. The van der Waals surface area contributed by atoms with Crippen molar-refractivity contribution in [2.75, 3.05) is 26.2 Å². The number of hydrogen-bond acceptors (Lipinski definition) is 3. The molecule has 1 saturated heterocycles. The van der Waals surface area contributed by atoms with Crippen molar-refractivity contribution >= 4 is 0 Å². The van der Waals surface area contributed by atoms with Gasteiger partial charge in [0.15, 0.2) is 0 Å². The third kappa shape index (κ3) is 5.31. The van der Waals surface area contributed by atoms with Gasteiger partial charge in [0.1, 0.15) is 0 Å². The van der Waals surface area contributed by atoms with Gasteiger partial charge in [0.05, 0.1) is 0 Å². The molecule has 1 heterocycles. The molecule has 3 heteroatoms. The lowest BCUT2D eigenvalue weighted by Crippen LogP contribution is -2.42. The molecule has 2 N–H and O–H groups in total. The molecule has 3 nitrogen and oxygen atoms in total. The molecule has 1 aliphatic heterocycles. The van der Waals surface area contributed by atoms with Crippen LogP contribution in [0.2, 0.25) is 0 Å². The van der Waals surface area contributed by atoms with Gasteiger partial charge in [-0.05, 0) is 50.9 Å². The number of aliphatic hydroxyl groups excluding tert-OH is 1. The molecule has 1 aliphatic rings. The van der Waals surface area contributed by atoms with E-state index < -0.39 is 0 Å². The highest BCUT2D eigenvalue weighted by Crippen LogP contribution is 2.13. The van der Waals surface area contributed by atoms with E-state index in [0.717, 1.165) is 25.9 Å². The topological polar surface area (TPSA) is 35.5 Å². The standard InChI is InChI=1S/C16H26N2O/c19-13-5-4-10-17-16-8-11-18(12-9-16)14-15-6-2-1-3-7-15/h1-3,6-7,16-17,19H,4-5,8-14H2. The van der Waals surface area contributed by atoms with E-state index in [2.05, 4.69) is 40.5 Å². The lowest BCUT2D eigenvalue weighted by Gasteiger charge is -2.32. The largest absolute Gasteiger partial charge is 0.396 e. The summed E-state index contributed by atoms with van der Waals surface area (Å²) in [5, 5.41) is 12.3. The number of piperidine rings is 1. The Morgan fingerprint density at radius 1 is 1.11 bits per heavy atom. The maximum Gasteiger partial charge on any atom is 0.0431 e. The molecule has 0 aromatic heterocycles. The minimum Gasteiger partial charge on any atom is -0.396 e. The van der Waals surface area contributed by atoms with E-state index in [1.54, 1.807) is 0 Å². The Balaban J connectivity index is 1.62. The van der Waals surface area contributed by atoms with E-state index >= 15 is 0 Å². The van der Waals surface area contributed by atoms with Crippen molar-refractivity contribution in [1.29, 1.82) is 0 Å². The summed E-state index contributed by atoms with van der Waals surface area (Å²) < 4.78 is 0. The van der Waals surface area contributed by atoms with Crippen LogP contribution >= 0.6 is 0 Å². The summed E-state index contributed by atoms with van der Waals surface area (Å²) in [5.41, 5.74) is 1.41. The van der Waals surface area contributed by atoms with Gasteiger partial charge in [-0.2, -0.15) is 0 Å². The van der Waals surface area contributed by atoms with Gasteiger partial charge < -0.3 is 10.4 Å². The van der Waals surface area contributed by atoms with Gasteiger partial charge in [0.2, 0.25) is 0 Å². The minimum absolute atomic E-state index is 0.317. The van der Waals surface area contributed by atoms with E-state index in [4.69, 9.17) is 5.11 Å². The molecule has 1 aromatic rings. The van der Waals surface area contributed by atoms with Crippen molar-refractivity contribution < 1.29 is 5.11 Å². The van der Waals surface area contributed by atoms with Gasteiger partial charge in [-0.3, -0.25) is 4.90 Å². The molecule has 2 rings (SSSR count). The molecule has 0 aliphatic carbocycles. The summed E-state index contributed by atoms with van der Waals surface area (Å²) in [6, 6.07) is 11.4. The van der Waals surface area contributed by atoms with Crippen LogP contribution in [0.3, 0.4) is 0 Å². The zero-order valence-electron chi connectivity index (χ0n) is 11.7. The van der Waals surface area contributed by atoms with Gasteiger partial charge in [-0.25, -0.2) is 0 Å². The number of likely N-dealkylation sites (tertiary alicyclic amines) is 1. The number of benzene rings is 1. The van der Waals surface area contributed by atoms with E-state index in [1.165, 1.54) is 31.5 Å². The van der Waals surface area contributed by atoms with E-state index in [1.807, 2.05) is 0 Å². The van der Waals surface area contributed by atoms with E-state index in [-0.39, 0.29) is 0 Å². The summed E-state index contributed by atoms with van der Waals surface area (Å²) in [6.07, 6.45) is 4.48. The third-order valence-electron chi connectivity index (χ3n) is 3.85. The summed E-state index contributed by atoms with van der Waals surface area (Å²) in [7, 11) is 0. The van der Waals surface area contributed by atoms with Crippen molar-refractivity contribution in [3.8, 4) is 0 Å². The highest BCUT2D eigenvalue weighted by atomic mass is 16.2. The number of hydrogen-bond donors (Lipinski definition) is 2. The average Bonchev–Trinajstić information content (AvgIpc) is 2.46. The predicted octanol–water partition coefficient (Wildman–Crippen LogP) is 2.01. The Morgan fingerprint density at radius 2 is 1.84 bits per heavy atom. The minimum atomic E-state index is 0.317. The molecule has 0 spiro atoms. The molecule has 0 amide bonds. The number of rotatable bonds is 7. The fraction of sp³-hybridized carbons (Fsp3) is 0.625. The zero-order chi connectivity index (χ0) is 13.3. The normalized spacial score (nSPS) is 17.7. The van der Waals surface area contributed by atoms with Gasteiger partial charge in [-0.15, -0.1) is 0 Å². The first-order valence-electron chi connectivity index (χ1n) is 7.49. The third-order valence-corrected chi connectivity index (χ3v) is 3.85. The van der Waals surface area contributed by atoms with Crippen LogP contribution in [0.15, 0.2) is 30.3 Å². The second-order valence-electron chi connectivity index (χ2n) is 5.42. The number of unbranched alkanes of at least 4 members (excludes halogenated alkanes) is 1. The van der Waals surface area contributed by atoms with Crippen LogP contribution in [0, 0.1) is 0 Å². The molecule has 0 atom stereocenters. The van der Waals surface area contributed by atoms with Crippen LogP contribution in [0.1, 0.15) is 31.2 Å². The number of nitrogens with one attached hydrogen (secondary N) is 1. The molecular formula is C16H26N2O. The van der Waals surface area contributed by atoms with Crippen molar-refractivity contribution in [2.24, 2.45) is 0 Å². The highest BCUT2D eigenvalue weighted by Gasteiger charge is 2.18. The van der Waals surface area contributed by atoms with Crippen molar-refractivity contribution in [3.63, 3.8) is 0 Å². The Kier molecular flexibility index (Phi) is 6.34. The molecule has 0 bridgehead atoms. The van der Waals surface area contributed by atoms with Gasteiger partial charge in [-0.1, -0.05) is 30.3 Å². The lowest BCUT2D eigenvalue weighted by atomic mass is 10.0. The predicted molar refractivity (Wildman–Crippen MR) is 79.1 cm³/mol. The smallest absolute Gasteiger partial charge is 0.0431 e. The van der Waals surface area contributed by atoms with E-state index in [9.17, 15) is 0 Å². The molecule has 1 fully saturated rings. The maximum absolute atomic E-state index is 8.74. The highest BCUT2D eigenvalue weighted by molar-refractivity contribution is 5.14. The maximum atomic E-state index is 8.74. The Labute approximate surface area is 116 Å². The van der Waals surface area contributed by atoms with Gasteiger partial charge in [0.25, 0.3) is 0 Å². The summed E-state index contributed by atoms with van der Waals surface area (Å²) in [5.74, 6) is 0. The molecule has 0 unspecified atom stereocenters. The Bertz CT molecular complexity index is 334. The fourth-order valence-corrected chi connectivity index (χ4v) is 2.68. The second-order valence-corrected chi connectivity index (χ2v) is 5.42. The monoisotopic (exact) mass is 262 g/mol. The average molecular weight is 262 g/mol. The lowest BCUT2D eigenvalue weighted by molar-refractivity contribution is 0.190. The zero-order valence-corrected chi connectivity index (χ0v) is 11.7. The molecule has 19 heavy (non-hydrogen) atoms. The van der Waals surface area contributed by atoms with Gasteiger partial charge >= 0.3 is 0 Å². The molecule has 0 saturated carbocycles.